The number of hydrogen-bond donors (Lipinski definition) is 2. The summed E-state index contributed by atoms with van der Waals surface area (Å²) in [7, 11) is 0. The maximum atomic E-state index is 11.5. The van der Waals surface area contributed by atoms with Gasteiger partial charge in [-0.05, 0) is 19.1 Å². The molecule has 78 valence electrons. The molecule has 0 amide bonds. The molecular formula is C9H9N3O3. The van der Waals surface area contributed by atoms with Crippen LogP contribution in [0.4, 0.5) is 0 Å². The van der Waals surface area contributed by atoms with Crippen molar-refractivity contribution in [1.29, 1.82) is 0 Å². The number of carboxylic acids is 1. The SMILES string of the molecule is CC(C(=O)O)n1c(=O)[nH]c2ncccc21. The number of carbonyl (C=O) groups is 1. The van der Waals surface area contributed by atoms with Crippen molar-refractivity contribution >= 4 is 17.1 Å². The van der Waals surface area contributed by atoms with E-state index in [0.717, 1.165) is 0 Å². The Morgan fingerprint density at radius 3 is 3.07 bits per heavy atom. The summed E-state index contributed by atoms with van der Waals surface area (Å²) in [5.74, 6) is -1.05. The average Bonchev–Trinajstić information content (AvgIpc) is 2.52. The van der Waals surface area contributed by atoms with E-state index in [1.54, 1.807) is 12.1 Å². The zero-order chi connectivity index (χ0) is 11.0. The summed E-state index contributed by atoms with van der Waals surface area (Å²) in [6, 6.07) is 2.40. The molecule has 0 aromatic carbocycles. The first-order valence-electron chi connectivity index (χ1n) is 4.39. The van der Waals surface area contributed by atoms with Crippen LogP contribution in [0.1, 0.15) is 13.0 Å². The number of fused-ring (bicyclic) bond motifs is 1. The molecule has 6 heteroatoms. The molecule has 1 unspecified atom stereocenters. The van der Waals surface area contributed by atoms with Gasteiger partial charge in [-0.15, -0.1) is 0 Å². The molecule has 0 bridgehead atoms. The lowest BCUT2D eigenvalue weighted by molar-refractivity contribution is -0.140. The zero-order valence-electron chi connectivity index (χ0n) is 7.97. The summed E-state index contributed by atoms with van der Waals surface area (Å²) >= 11 is 0. The molecule has 0 fully saturated rings. The smallest absolute Gasteiger partial charge is 0.328 e. The van der Waals surface area contributed by atoms with Gasteiger partial charge in [-0.3, -0.25) is 9.55 Å². The highest BCUT2D eigenvalue weighted by Gasteiger charge is 2.18. The first-order valence-corrected chi connectivity index (χ1v) is 4.39. The molecule has 0 spiro atoms. The number of rotatable bonds is 2. The third kappa shape index (κ3) is 1.39. The molecule has 6 nitrogen and oxygen atoms in total. The minimum Gasteiger partial charge on any atom is -0.480 e. The first-order chi connectivity index (χ1) is 7.11. The Labute approximate surface area is 84.2 Å². The van der Waals surface area contributed by atoms with Gasteiger partial charge in [0, 0.05) is 6.20 Å². The minimum absolute atomic E-state index is 0.399. The second-order valence-electron chi connectivity index (χ2n) is 3.19. The van der Waals surface area contributed by atoms with E-state index in [-0.39, 0.29) is 0 Å². The van der Waals surface area contributed by atoms with Crippen molar-refractivity contribution in [1.82, 2.24) is 14.5 Å². The molecule has 0 aliphatic rings. The molecule has 2 heterocycles. The lowest BCUT2D eigenvalue weighted by atomic mass is 10.3. The summed E-state index contributed by atoms with van der Waals surface area (Å²) in [6.07, 6.45) is 1.54. The van der Waals surface area contributed by atoms with Crippen LogP contribution in [0.15, 0.2) is 23.1 Å². The van der Waals surface area contributed by atoms with E-state index in [0.29, 0.717) is 11.2 Å². The standard InChI is InChI=1S/C9H9N3O3/c1-5(8(13)14)12-6-3-2-4-10-7(6)11-9(12)15/h2-5H,1H3,(H,13,14)(H,10,11,15). The van der Waals surface area contributed by atoms with E-state index in [9.17, 15) is 9.59 Å². The third-order valence-corrected chi connectivity index (χ3v) is 2.23. The lowest BCUT2D eigenvalue weighted by Crippen LogP contribution is -2.25. The molecule has 0 aliphatic carbocycles. The van der Waals surface area contributed by atoms with Gasteiger partial charge in [-0.2, -0.15) is 0 Å². The van der Waals surface area contributed by atoms with Gasteiger partial charge in [0.1, 0.15) is 6.04 Å². The van der Waals surface area contributed by atoms with Crippen molar-refractivity contribution in [3.8, 4) is 0 Å². The summed E-state index contributed by atoms with van der Waals surface area (Å²) in [5, 5.41) is 8.84. The van der Waals surface area contributed by atoms with Crippen LogP contribution in [0.3, 0.4) is 0 Å². The highest BCUT2D eigenvalue weighted by atomic mass is 16.4. The highest BCUT2D eigenvalue weighted by molar-refractivity contribution is 5.76. The van der Waals surface area contributed by atoms with Gasteiger partial charge < -0.3 is 5.11 Å². The van der Waals surface area contributed by atoms with Crippen molar-refractivity contribution in [2.45, 2.75) is 13.0 Å². The van der Waals surface area contributed by atoms with Crippen molar-refractivity contribution in [2.75, 3.05) is 0 Å². The van der Waals surface area contributed by atoms with Crippen LogP contribution >= 0.6 is 0 Å². The number of pyridine rings is 1. The van der Waals surface area contributed by atoms with Gasteiger partial charge in [0.2, 0.25) is 0 Å². The van der Waals surface area contributed by atoms with Crippen LogP contribution in [-0.2, 0) is 4.79 Å². The highest BCUT2D eigenvalue weighted by Crippen LogP contribution is 2.12. The second kappa shape index (κ2) is 3.23. The van der Waals surface area contributed by atoms with E-state index in [2.05, 4.69) is 9.97 Å². The van der Waals surface area contributed by atoms with E-state index in [1.165, 1.54) is 17.7 Å². The predicted molar refractivity (Wildman–Crippen MR) is 52.7 cm³/mol. The van der Waals surface area contributed by atoms with Crippen molar-refractivity contribution in [2.24, 2.45) is 0 Å². The van der Waals surface area contributed by atoms with Crippen LogP contribution in [-0.4, -0.2) is 25.6 Å². The number of nitrogens with zero attached hydrogens (tertiary/aromatic N) is 2. The fourth-order valence-electron chi connectivity index (χ4n) is 1.45. The summed E-state index contributed by atoms with van der Waals surface area (Å²) < 4.78 is 1.17. The van der Waals surface area contributed by atoms with Gasteiger partial charge in [0.25, 0.3) is 0 Å². The Balaban J connectivity index is 2.74. The van der Waals surface area contributed by atoms with E-state index in [4.69, 9.17) is 5.11 Å². The number of aromatic nitrogens is 3. The van der Waals surface area contributed by atoms with E-state index in [1.807, 2.05) is 0 Å². The third-order valence-electron chi connectivity index (χ3n) is 2.23. The Morgan fingerprint density at radius 1 is 1.67 bits per heavy atom. The van der Waals surface area contributed by atoms with Crippen LogP contribution in [0.2, 0.25) is 0 Å². The summed E-state index contributed by atoms with van der Waals surface area (Å²) in [5.41, 5.74) is 0.437. The quantitative estimate of drug-likeness (QED) is 0.744. The molecule has 0 aliphatic heterocycles. The molecule has 2 aromatic heterocycles. The fraction of sp³-hybridized carbons (Fsp3) is 0.222. The number of H-pyrrole nitrogens is 1. The van der Waals surface area contributed by atoms with Crippen LogP contribution in [0, 0.1) is 0 Å². The maximum absolute atomic E-state index is 11.5. The van der Waals surface area contributed by atoms with Crippen molar-refractivity contribution in [3.05, 3.63) is 28.8 Å². The Kier molecular flexibility index (Phi) is 2.03. The first kappa shape index (κ1) is 9.45. The molecule has 0 radical (unpaired) electrons. The zero-order valence-corrected chi connectivity index (χ0v) is 7.97. The Morgan fingerprint density at radius 2 is 2.40 bits per heavy atom. The van der Waals surface area contributed by atoms with Crippen molar-refractivity contribution < 1.29 is 9.90 Å². The Bertz CT molecular complexity index is 569. The molecule has 2 N–H and O–H groups in total. The maximum Gasteiger partial charge on any atom is 0.328 e. The van der Waals surface area contributed by atoms with Crippen LogP contribution in [0.25, 0.3) is 11.2 Å². The summed E-state index contributed by atoms with van der Waals surface area (Å²) in [6.45, 7) is 1.45. The van der Waals surface area contributed by atoms with E-state index < -0.39 is 17.7 Å². The number of hydrogen-bond acceptors (Lipinski definition) is 3. The molecule has 2 aromatic rings. The van der Waals surface area contributed by atoms with Gasteiger partial charge in [-0.1, -0.05) is 0 Å². The van der Waals surface area contributed by atoms with Gasteiger partial charge in [0.05, 0.1) is 5.52 Å². The average molecular weight is 207 g/mol. The number of imidazole rings is 1. The van der Waals surface area contributed by atoms with Gasteiger partial charge >= 0.3 is 11.7 Å². The van der Waals surface area contributed by atoms with Gasteiger partial charge in [0.15, 0.2) is 5.65 Å². The topological polar surface area (TPSA) is 88.0 Å². The van der Waals surface area contributed by atoms with Crippen LogP contribution in [0.5, 0.6) is 0 Å². The molecule has 0 saturated heterocycles. The monoisotopic (exact) mass is 207 g/mol. The predicted octanol–water partition coefficient (Wildman–Crippen LogP) is 0.370. The van der Waals surface area contributed by atoms with Crippen LogP contribution < -0.4 is 5.69 Å². The number of aromatic amines is 1. The van der Waals surface area contributed by atoms with E-state index >= 15 is 0 Å². The molecule has 15 heavy (non-hydrogen) atoms. The number of carboxylic acid groups (broad SMARTS) is 1. The lowest BCUT2D eigenvalue weighted by Gasteiger charge is -2.06. The van der Waals surface area contributed by atoms with Gasteiger partial charge in [-0.25, -0.2) is 14.6 Å². The molecule has 1 atom stereocenters. The number of aliphatic carboxylic acids is 1. The molecular weight excluding hydrogens is 198 g/mol. The fourth-order valence-corrected chi connectivity index (χ4v) is 1.45. The number of nitrogens with one attached hydrogen (secondary N) is 1. The minimum atomic E-state index is -1.05. The molecule has 0 saturated carbocycles. The largest absolute Gasteiger partial charge is 0.480 e. The van der Waals surface area contributed by atoms with Crippen molar-refractivity contribution in [3.63, 3.8) is 0 Å². The molecule has 2 rings (SSSR count). The summed E-state index contributed by atoms with van der Waals surface area (Å²) in [4.78, 5) is 28.7. The second-order valence-corrected chi connectivity index (χ2v) is 3.19. The normalized spacial score (nSPS) is 12.9. The Hall–Kier alpha value is -2.11.